The lowest BCUT2D eigenvalue weighted by atomic mass is 10.0. The summed E-state index contributed by atoms with van der Waals surface area (Å²) in [6.45, 7) is 5.66. The van der Waals surface area contributed by atoms with Gasteiger partial charge in [-0.1, -0.05) is 6.07 Å². The molecule has 0 unspecified atom stereocenters. The van der Waals surface area contributed by atoms with Gasteiger partial charge in [0, 0.05) is 23.6 Å². The van der Waals surface area contributed by atoms with Crippen LogP contribution in [0.5, 0.6) is 0 Å². The minimum Gasteiger partial charge on any atom is -0.324 e. The van der Waals surface area contributed by atoms with Crippen molar-refractivity contribution in [2.24, 2.45) is 0 Å². The number of nitrogens with zero attached hydrogens (tertiary/aromatic N) is 3. The van der Waals surface area contributed by atoms with E-state index in [1.165, 1.54) is 15.1 Å². The van der Waals surface area contributed by atoms with E-state index in [1.807, 2.05) is 13.0 Å². The summed E-state index contributed by atoms with van der Waals surface area (Å²) in [5.41, 5.74) is 3.75. The van der Waals surface area contributed by atoms with E-state index in [9.17, 15) is 18.0 Å². The van der Waals surface area contributed by atoms with Gasteiger partial charge in [0.05, 0.1) is 11.9 Å². The normalized spacial score (nSPS) is 13.9. The van der Waals surface area contributed by atoms with Crippen LogP contribution in [-0.4, -0.2) is 36.7 Å². The largest absolute Gasteiger partial charge is 0.348 e. The zero-order valence-corrected chi connectivity index (χ0v) is 17.3. The molecule has 2 heterocycles. The fraction of sp³-hybridized carbons (Fsp3) is 0.421. The summed E-state index contributed by atoms with van der Waals surface area (Å²) in [7, 11) is -3.39. The average molecular weight is 404 g/mol. The first-order valence-electron chi connectivity index (χ1n) is 9.03. The minimum absolute atomic E-state index is 0.161. The third kappa shape index (κ3) is 3.94. The van der Waals surface area contributed by atoms with Crippen LogP contribution in [0.2, 0.25) is 0 Å². The molecule has 9 heteroatoms. The van der Waals surface area contributed by atoms with Gasteiger partial charge in [0.1, 0.15) is 6.54 Å². The van der Waals surface area contributed by atoms with Gasteiger partial charge in [-0.25, -0.2) is 13.2 Å². The van der Waals surface area contributed by atoms with Crippen molar-refractivity contribution in [3.05, 3.63) is 51.2 Å². The van der Waals surface area contributed by atoms with Crippen molar-refractivity contribution >= 4 is 27.3 Å². The van der Waals surface area contributed by atoms with E-state index < -0.39 is 15.7 Å². The van der Waals surface area contributed by atoms with Crippen molar-refractivity contribution in [3.8, 4) is 0 Å². The number of hydrogen-bond donors (Lipinski definition) is 1. The predicted octanol–water partition coefficient (Wildman–Crippen LogP) is 1.52. The molecule has 150 valence electrons. The number of carbonyl (C=O) groups excluding carboxylic acids is 1. The summed E-state index contributed by atoms with van der Waals surface area (Å²) in [5.74, 6) is -0.378. The zero-order valence-electron chi connectivity index (χ0n) is 16.4. The smallest absolute Gasteiger partial charge is 0.324 e. The number of aromatic nitrogens is 2. The molecule has 0 aliphatic carbocycles. The Balaban J connectivity index is 1.85. The quantitative estimate of drug-likeness (QED) is 0.833. The van der Waals surface area contributed by atoms with Crippen LogP contribution in [0.4, 0.5) is 11.4 Å². The standard InChI is InChI=1S/C19H24N4O4S/c1-12-13(2)20-19(25)22(14(12)3)11-18(24)21-16-8-7-15-6-5-9-23(17(15)10-16)28(4,26)27/h7-8,10H,5-6,9,11H2,1-4H3,(H,21,24). The van der Waals surface area contributed by atoms with Crippen LogP contribution < -0.4 is 15.3 Å². The molecule has 0 radical (unpaired) electrons. The third-order valence-corrected chi connectivity index (χ3v) is 6.31. The maximum absolute atomic E-state index is 12.5. The Hall–Kier alpha value is -2.68. The molecule has 0 saturated heterocycles. The minimum atomic E-state index is -3.39. The summed E-state index contributed by atoms with van der Waals surface area (Å²) >= 11 is 0. The first kappa shape index (κ1) is 20.1. The number of sulfonamides is 1. The maximum Gasteiger partial charge on any atom is 0.348 e. The van der Waals surface area contributed by atoms with Crippen LogP contribution in [0.25, 0.3) is 0 Å². The molecular formula is C19H24N4O4S. The lowest BCUT2D eigenvalue weighted by Gasteiger charge is -2.29. The van der Waals surface area contributed by atoms with Crippen molar-refractivity contribution in [1.82, 2.24) is 9.55 Å². The maximum atomic E-state index is 12.5. The SMILES string of the molecule is Cc1nc(=O)n(CC(=O)Nc2ccc3c(c2)N(S(C)(=O)=O)CCC3)c(C)c1C. The van der Waals surface area contributed by atoms with Gasteiger partial charge in [-0.3, -0.25) is 13.7 Å². The monoisotopic (exact) mass is 404 g/mol. The molecular weight excluding hydrogens is 380 g/mol. The molecule has 1 aliphatic heterocycles. The van der Waals surface area contributed by atoms with Crippen molar-refractivity contribution in [1.29, 1.82) is 0 Å². The molecule has 2 aromatic rings. The molecule has 0 saturated carbocycles. The summed E-state index contributed by atoms with van der Waals surface area (Å²) in [4.78, 5) is 28.6. The van der Waals surface area contributed by atoms with Gasteiger partial charge >= 0.3 is 5.69 Å². The Morgan fingerprint density at radius 1 is 1.25 bits per heavy atom. The summed E-state index contributed by atoms with van der Waals surface area (Å²) in [6.07, 6.45) is 2.72. The highest BCUT2D eigenvalue weighted by Crippen LogP contribution is 2.31. The van der Waals surface area contributed by atoms with E-state index in [-0.39, 0.29) is 12.5 Å². The van der Waals surface area contributed by atoms with Crippen molar-refractivity contribution in [2.75, 3.05) is 22.4 Å². The van der Waals surface area contributed by atoms with Gasteiger partial charge in [-0.15, -0.1) is 0 Å². The van der Waals surface area contributed by atoms with Crippen LogP contribution in [0.1, 0.15) is 28.9 Å². The van der Waals surface area contributed by atoms with Crippen molar-refractivity contribution in [3.63, 3.8) is 0 Å². The van der Waals surface area contributed by atoms with Gasteiger partial charge in [0.25, 0.3) is 0 Å². The highest BCUT2D eigenvalue weighted by atomic mass is 32.2. The fourth-order valence-corrected chi connectivity index (χ4v) is 4.38. The van der Waals surface area contributed by atoms with Gasteiger partial charge in [0.15, 0.2) is 0 Å². The van der Waals surface area contributed by atoms with Gasteiger partial charge in [-0.2, -0.15) is 4.98 Å². The Labute approximate surface area is 164 Å². The number of carbonyl (C=O) groups is 1. The number of benzene rings is 1. The molecule has 1 aromatic carbocycles. The second kappa shape index (κ2) is 7.38. The molecule has 3 rings (SSSR count). The number of hydrogen-bond acceptors (Lipinski definition) is 5. The number of rotatable bonds is 4. The lowest BCUT2D eigenvalue weighted by Crippen LogP contribution is -2.35. The number of amides is 1. The lowest BCUT2D eigenvalue weighted by molar-refractivity contribution is -0.116. The van der Waals surface area contributed by atoms with Crippen LogP contribution in [0, 0.1) is 20.8 Å². The third-order valence-electron chi connectivity index (χ3n) is 5.13. The van der Waals surface area contributed by atoms with Crippen molar-refractivity contribution < 1.29 is 13.2 Å². The highest BCUT2D eigenvalue weighted by molar-refractivity contribution is 7.92. The van der Waals surface area contributed by atoms with Crippen LogP contribution in [0.3, 0.4) is 0 Å². The van der Waals surface area contributed by atoms with E-state index in [0.717, 1.165) is 24.0 Å². The number of anilines is 2. The molecule has 0 fully saturated rings. The first-order chi connectivity index (χ1) is 13.1. The topological polar surface area (TPSA) is 101 Å². The second-order valence-electron chi connectivity index (χ2n) is 7.11. The van der Waals surface area contributed by atoms with E-state index >= 15 is 0 Å². The van der Waals surface area contributed by atoms with Gasteiger partial charge in [-0.05, 0) is 56.9 Å². The van der Waals surface area contributed by atoms with Crippen LogP contribution >= 0.6 is 0 Å². The molecule has 8 nitrogen and oxygen atoms in total. The Kier molecular flexibility index (Phi) is 5.29. The molecule has 1 N–H and O–H groups in total. The Bertz CT molecular complexity index is 1110. The fourth-order valence-electron chi connectivity index (χ4n) is 3.39. The molecule has 0 spiro atoms. The second-order valence-corrected chi connectivity index (χ2v) is 9.01. The highest BCUT2D eigenvalue weighted by Gasteiger charge is 2.24. The van der Waals surface area contributed by atoms with Crippen LogP contribution in [-0.2, 0) is 27.8 Å². The summed E-state index contributed by atoms with van der Waals surface area (Å²) < 4.78 is 26.8. The first-order valence-corrected chi connectivity index (χ1v) is 10.9. The Morgan fingerprint density at radius 3 is 2.64 bits per heavy atom. The molecule has 28 heavy (non-hydrogen) atoms. The van der Waals surface area contributed by atoms with Gasteiger partial charge < -0.3 is 5.32 Å². The number of aryl methyl sites for hydroxylation is 2. The predicted molar refractivity (Wildman–Crippen MR) is 108 cm³/mol. The summed E-state index contributed by atoms with van der Waals surface area (Å²) in [5, 5.41) is 2.75. The van der Waals surface area contributed by atoms with E-state index in [4.69, 9.17) is 0 Å². The molecule has 0 bridgehead atoms. The molecule has 1 aliphatic rings. The summed E-state index contributed by atoms with van der Waals surface area (Å²) in [6, 6.07) is 5.25. The van der Waals surface area contributed by atoms with Crippen LogP contribution in [0.15, 0.2) is 23.0 Å². The van der Waals surface area contributed by atoms with E-state index in [0.29, 0.717) is 29.3 Å². The van der Waals surface area contributed by atoms with E-state index in [1.54, 1.807) is 26.0 Å². The molecule has 1 aromatic heterocycles. The zero-order chi connectivity index (χ0) is 20.6. The molecule has 0 atom stereocenters. The number of fused-ring (bicyclic) bond motifs is 1. The average Bonchev–Trinajstić information content (AvgIpc) is 2.62. The molecule has 1 amide bonds. The van der Waals surface area contributed by atoms with Gasteiger partial charge in [0.2, 0.25) is 15.9 Å². The van der Waals surface area contributed by atoms with E-state index in [2.05, 4.69) is 10.3 Å². The Morgan fingerprint density at radius 2 is 1.96 bits per heavy atom. The van der Waals surface area contributed by atoms with Crippen molar-refractivity contribution in [2.45, 2.75) is 40.2 Å². The number of nitrogens with one attached hydrogen (secondary N) is 1.